The Morgan fingerprint density at radius 3 is 2.78 bits per heavy atom. The molecule has 0 aromatic heterocycles. The molecule has 0 radical (unpaired) electrons. The molecular weight excluding hydrogens is 298 g/mol. The summed E-state index contributed by atoms with van der Waals surface area (Å²) in [6.45, 7) is 1.52. The second-order valence-electron chi connectivity index (χ2n) is 5.77. The van der Waals surface area contributed by atoms with Crippen molar-refractivity contribution in [3.05, 3.63) is 29.8 Å². The zero-order chi connectivity index (χ0) is 16.4. The first-order valence-electron chi connectivity index (χ1n) is 7.53. The number of hydrogen-bond donors (Lipinski definition) is 1. The molecule has 7 nitrogen and oxygen atoms in total. The number of rotatable bonds is 4. The highest BCUT2D eigenvalue weighted by Crippen LogP contribution is 2.24. The quantitative estimate of drug-likeness (QED) is 0.903. The Hall–Kier alpha value is -2.59. The predicted octanol–water partition coefficient (Wildman–Crippen LogP) is 1.43. The van der Waals surface area contributed by atoms with Gasteiger partial charge < -0.3 is 9.84 Å². The number of benzene rings is 1. The largest absolute Gasteiger partial charge is 0.480 e. The van der Waals surface area contributed by atoms with Crippen LogP contribution in [0.2, 0.25) is 0 Å². The fourth-order valence-electron chi connectivity index (χ4n) is 3.13. The van der Waals surface area contributed by atoms with Gasteiger partial charge in [-0.3, -0.25) is 14.6 Å². The minimum Gasteiger partial charge on any atom is -0.480 e. The Kier molecular flexibility index (Phi) is 4.17. The van der Waals surface area contributed by atoms with Gasteiger partial charge in [0, 0.05) is 12.2 Å². The molecule has 1 unspecified atom stereocenters. The van der Waals surface area contributed by atoms with Gasteiger partial charge >= 0.3 is 12.1 Å². The van der Waals surface area contributed by atoms with Gasteiger partial charge in [-0.2, -0.15) is 5.26 Å². The maximum absolute atomic E-state index is 12.0. The molecule has 2 aliphatic rings. The van der Waals surface area contributed by atoms with Crippen molar-refractivity contribution in [1.82, 2.24) is 4.90 Å². The van der Waals surface area contributed by atoms with Gasteiger partial charge in [0.25, 0.3) is 0 Å². The molecule has 2 heterocycles. The summed E-state index contributed by atoms with van der Waals surface area (Å²) in [7, 11) is 0. The van der Waals surface area contributed by atoms with Crippen LogP contribution in [0, 0.1) is 11.3 Å². The number of carbonyl (C=O) groups is 2. The summed E-state index contributed by atoms with van der Waals surface area (Å²) in [4.78, 5) is 26.6. The van der Waals surface area contributed by atoms with Gasteiger partial charge in [0.15, 0.2) is 0 Å². The van der Waals surface area contributed by atoms with E-state index >= 15 is 0 Å². The van der Waals surface area contributed by atoms with E-state index in [1.54, 1.807) is 24.3 Å². The SMILES string of the molecule is N#Cc1ccc(N2CC(CN3CCC[C@H]3C(=O)O)OC2=O)cc1. The van der Waals surface area contributed by atoms with Gasteiger partial charge in [-0.1, -0.05) is 0 Å². The Balaban J connectivity index is 1.65. The number of ether oxygens (including phenoxy) is 1. The van der Waals surface area contributed by atoms with Crippen molar-refractivity contribution in [3.63, 3.8) is 0 Å². The molecule has 1 amide bonds. The molecule has 1 aromatic carbocycles. The van der Waals surface area contributed by atoms with Crippen LogP contribution in [0.1, 0.15) is 18.4 Å². The van der Waals surface area contributed by atoms with Crippen molar-refractivity contribution < 1.29 is 19.4 Å². The number of carboxylic acid groups (broad SMARTS) is 1. The number of hydrogen-bond acceptors (Lipinski definition) is 5. The van der Waals surface area contributed by atoms with Gasteiger partial charge in [-0.15, -0.1) is 0 Å². The molecular formula is C16H17N3O4. The van der Waals surface area contributed by atoms with Crippen LogP contribution in [0.15, 0.2) is 24.3 Å². The summed E-state index contributed by atoms with van der Waals surface area (Å²) in [5, 5.41) is 18.0. The first-order chi connectivity index (χ1) is 11.1. The van der Waals surface area contributed by atoms with E-state index in [1.165, 1.54) is 4.90 Å². The maximum Gasteiger partial charge on any atom is 0.414 e. The average molecular weight is 315 g/mol. The summed E-state index contributed by atoms with van der Waals surface area (Å²) in [5.41, 5.74) is 1.20. The third-order valence-corrected chi connectivity index (χ3v) is 4.27. The molecule has 23 heavy (non-hydrogen) atoms. The van der Waals surface area contributed by atoms with Crippen LogP contribution >= 0.6 is 0 Å². The monoisotopic (exact) mass is 315 g/mol. The average Bonchev–Trinajstić information content (AvgIpc) is 3.14. The van der Waals surface area contributed by atoms with Crippen molar-refractivity contribution in [2.24, 2.45) is 0 Å². The molecule has 0 aliphatic carbocycles. The van der Waals surface area contributed by atoms with E-state index in [2.05, 4.69) is 0 Å². The van der Waals surface area contributed by atoms with Crippen molar-refractivity contribution >= 4 is 17.7 Å². The van der Waals surface area contributed by atoms with Gasteiger partial charge in [0.05, 0.1) is 18.2 Å². The van der Waals surface area contributed by atoms with E-state index in [1.807, 2.05) is 11.0 Å². The normalized spacial score (nSPS) is 24.5. The standard InChI is InChI=1S/C16H17N3O4/c17-8-11-3-5-12(6-4-11)19-10-13(23-16(19)22)9-18-7-1-2-14(18)15(20)21/h3-6,13-14H,1-2,7,9-10H2,(H,20,21)/t13?,14-/m0/s1. The van der Waals surface area contributed by atoms with Crippen LogP contribution in [-0.4, -0.2) is 53.8 Å². The number of carbonyl (C=O) groups excluding carboxylic acids is 1. The third kappa shape index (κ3) is 3.12. The number of nitriles is 1. The number of nitrogens with zero attached hydrogens (tertiary/aromatic N) is 3. The molecule has 120 valence electrons. The Bertz CT molecular complexity index is 652. The summed E-state index contributed by atoms with van der Waals surface area (Å²) >= 11 is 0. The number of likely N-dealkylation sites (tertiary alicyclic amines) is 1. The van der Waals surface area contributed by atoms with E-state index in [0.29, 0.717) is 37.3 Å². The van der Waals surface area contributed by atoms with E-state index in [0.717, 1.165) is 6.42 Å². The lowest BCUT2D eigenvalue weighted by atomic mass is 10.2. The molecule has 2 saturated heterocycles. The second kappa shape index (κ2) is 6.26. The highest BCUT2D eigenvalue weighted by molar-refractivity contribution is 5.89. The van der Waals surface area contributed by atoms with Gasteiger partial charge in [-0.05, 0) is 43.7 Å². The Morgan fingerprint density at radius 2 is 2.13 bits per heavy atom. The van der Waals surface area contributed by atoms with Crippen LogP contribution in [-0.2, 0) is 9.53 Å². The topological polar surface area (TPSA) is 93.9 Å². The predicted molar refractivity (Wildman–Crippen MR) is 81.0 cm³/mol. The lowest BCUT2D eigenvalue weighted by Gasteiger charge is -2.23. The van der Waals surface area contributed by atoms with Crippen molar-refractivity contribution in [1.29, 1.82) is 5.26 Å². The van der Waals surface area contributed by atoms with Crippen molar-refractivity contribution in [2.75, 3.05) is 24.5 Å². The molecule has 2 aliphatic heterocycles. The molecule has 0 bridgehead atoms. The first kappa shape index (κ1) is 15.3. The molecule has 0 spiro atoms. The first-order valence-corrected chi connectivity index (χ1v) is 7.53. The zero-order valence-corrected chi connectivity index (χ0v) is 12.5. The fourth-order valence-corrected chi connectivity index (χ4v) is 3.13. The van der Waals surface area contributed by atoms with Gasteiger partial charge in [0.1, 0.15) is 12.1 Å². The third-order valence-electron chi connectivity index (χ3n) is 4.27. The van der Waals surface area contributed by atoms with Crippen LogP contribution in [0.3, 0.4) is 0 Å². The van der Waals surface area contributed by atoms with Crippen LogP contribution in [0.5, 0.6) is 0 Å². The molecule has 1 aromatic rings. The van der Waals surface area contributed by atoms with E-state index < -0.39 is 18.1 Å². The summed E-state index contributed by atoms with van der Waals surface area (Å²) in [5.74, 6) is -0.823. The van der Waals surface area contributed by atoms with Crippen LogP contribution in [0.4, 0.5) is 10.5 Å². The highest BCUT2D eigenvalue weighted by Gasteiger charge is 2.37. The number of aliphatic carboxylic acids is 1. The number of cyclic esters (lactones) is 1. The maximum atomic E-state index is 12.0. The fraction of sp³-hybridized carbons (Fsp3) is 0.438. The van der Waals surface area contributed by atoms with Crippen LogP contribution in [0.25, 0.3) is 0 Å². The lowest BCUT2D eigenvalue weighted by molar-refractivity contribution is -0.142. The van der Waals surface area contributed by atoms with E-state index in [9.17, 15) is 14.7 Å². The van der Waals surface area contributed by atoms with Crippen LogP contribution < -0.4 is 4.90 Å². The zero-order valence-electron chi connectivity index (χ0n) is 12.5. The summed E-state index contributed by atoms with van der Waals surface area (Å²) in [6.07, 6.45) is 0.690. The van der Waals surface area contributed by atoms with E-state index in [4.69, 9.17) is 10.00 Å². The Labute approximate surface area is 133 Å². The lowest BCUT2D eigenvalue weighted by Crippen LogP contribution is -2.41. The Morgan fingerprint density at radius 1 is 1.39 bits per heavy atom. The number of carboxylic acids is 1. The number of amides is 1. The van der Waals surface area contributed by atoms with Gasteiger partial charge in [-0.25, -0.2) is 4.79 Å². The van der Waals surface area contributed by atoms with Crippen molar-refractivity contribution in [2.45, 2.75) is 25.0 Å². The molecule has 3 rings (SSSR count). The molecule has 0 saturated carbocycles. The highest BCUT2D eigenvalue weighted by atomic mass is 16.6. The number of anilines is 1. The minimum absolute atomic E-state index is 0.349. The van der Waals surface area contributed by atoms with Gasteiger partial charge in [0.2, 0.25) is 0 Å². The molecule has 7 heteroatoms. The second-order valence-corrected chi connectivity index (χ2v) is 5.77. The smallest absolute Gasteiger partial charge is 0.414 e. The summed E-state index contributed by atoms with van der Waals surface area (Å²) in [6, 6.07) is 8.26. The molecule has 2 atom stereocenters. The minimum atomic E-state index is -0.823. The summed E-state index contributed by atoms with van der Waals surface area (Å²) < 4.78 is 5.36. The van der Waals surface area contributed by atoms with Crippen molar-refractivity contribution in [3.8, 4) is 6.07 Å². The molecule has 2 fully saturated rings. The molecule has 1 N–H and O–H groups in total. The van der Waals surface area contributed by atoms with E-state index in [-0.39, 0.29) is 6.10 Å².